The van der Waals surface area contributed by atoms with Gasteiger partial charge in [-0.25, -0.2) is 24.3 Å². The molecule has 58 heavy (non-hydrogen) atoms. The normalized spacial score (nSPS) is 15.1. The van der Waals surface area contributed by atoms with E-state index in [1.54, 1.807) is 28.0 Å². The molecular weight excluding hydrogens is 743 g/mol. The van der Waals surface area contributed by atoms with Gasteiger partial charge in [0.05, 0.1) is 45.7 Å². The summed E-state index contributed by atoms with van der Waals surface area (Å²) in [6.07, 6.45) is -1.22. The number of ether oxygens (including phenoxy) is 3. The van der Waals surface area contributed by atoms with Gasteiger partial charge in [0.15, 0.2) is 11.5 Å². The van der Waals surface area contributed by atoms with Crippen LogP contribution in [0, 0.1) is 18.3 Å². The van der Waals surface area contributed by atoms with Crippen molar-refractivity contribution in [2.24, 2.45) is 11.3 Å². The molecule has 15 nitrogen and oxygen atoms in total. The van der Waals surface area contributed by atoms with E-state index in [2.05, 4.69) is 15.7 Å². The smallest absolute Gasteiger partial charge is 0.417 e. The Kier molecular flexibility index (Phi) is 16.3. The highest BCUT2D eigenvalue weighted by atomic mass is 16.5. The van der Waals surface area contributed by atoms with E-state index < -0.39 is 41.6 Å². The molecule has 0 radical (unpaired) electrons. The summed E-state index contributed by atoms with van der Waals surface area (Å²) < 4.78 is 15.9. The number of carbonyl (C=O) groups is 4. The molecule has 1 saturated heterocycles. The highest BCUT2D eigenvalue weighted by molar-refractivity contribution is 5.90. The number of hydrazine groups is 1. The number of aliphatic hydroxyl groups excluding tert-OH is 1. The first-order chi connectivity index (χ1) is 27.6. The van der Waals surface area contributed by atoms with E-state index in [0.717, 1.165) is 21.9 Å². The van der Waals surface area contributed by atoms with Gasteiger partial charge < -0.3 is 34.4 Å². The summed E-state index contributed by atoms with van der Waals surface area (Å²) in [4.78, 5) is 63.9. The zero-order valence-electron chi connectivity index (χ0n) is 35.4. The van der Waals surface area contributed by atoms with E-state index in [1.807, 2.05) is 90.1 Å². The average Bonchev–Trinajstić information content (AvgIpc) is 3.54. The molecule has 1 aromatic heterocycles. The second-order valence-electron chi connectivity index (χ2n) is 16.0. The molecule has 6 amide bonds. The van der Waals surface area contributed by atoms with E-state index in [1.165, 1.54) is 26.3 Å². The van der Waals surface area contributed by atoms with Crippen LogP contribution in [0.15, 0.2) is 66.7 Å². The lowest BCUT2D eigenvalue weighted by Crippen LogP contribution is -2.59. The highest BCUT2D eigenvalue weighted by Gasteiger charge is 2.41. The Bertz CT molecular complexity index is 1840. The zero-order valence-corrected chi connectivity index (χ0v) is 35.4. The minimum absolute atomic E-state index is 0.0517. The fraction of sp³-hybridized carbons (Fsp3) is 0.512. The zero-order chi connectivity index (χ0) is 42.6. The summed E-state index contributed by atoms with van der Waals surface area (Å²) in [6.45, 7) is 12.6. The van der Waals surface area contributed by atoms with E-state index in [0.29, 0.717) is 43.1 Å². The molecule has 4 atom stereocenters. The maximum atomic E-state index is 14.5. The number of urea groups is 2. The Morgan fingerprint density at radius 3 is 2.28 bits per heavy atom. The van der Waals surface area contributed by atoms with Crippen LogP contribution in [0.25, 0.3) is 0 Å². The summed E-state index contributed by atoms with van der Waals surface area (Å²) in [5, 5.41) is 16.7. The van der Waals surface area contributed by atoms with Gasteiger partial charge in [0.2, 0.25) is 5.91 Å². The number of hydrogen-bond acceptors (Lipinski definition) is 10. The SMILES string of the molecule is CCC(C)C(C(=O)NC(Cc1ccccc1)C(O)CN(Cc1ccc(OC)c(OC)c1)NC(=O)N(CC(C)(C)C)C(=O)OC)N1CCN(Cc2cccc(C)n2)C1=O. The molecule has 2 heterocycles. The molecular formula is C43H61N7O8. The van der Waals surface area contributed by atoms with Crippen molar-refractivity contribution >= 4 is 24.1 Å². The van der Waals surface area contributed by atoms with Crippen LogP contribution in [0.2, 0.25) is 0 Å². The Balaban J connectivity index is 1.64. The number of imide groups is 1. The first-order valence-corrected chi connectivity index (χ1v) is 19.7. The van der Waals surface area contributed by atoms with Crippen molar-refractivity contribution in [2.45, 2.75) is 85.7 Å². The van der Waals surface area contributed by atoms with E-state index in [-0.39, 0.29) is 38.0 Å². The van der Waals surface area contributed by atoms with Crippen molar-refractivity contribution in [3.63, 3.8) is 0 Å². The monoisotopic (exact) mass is 803 g/mol. The maximum absolute atomic E-state index is 14.5. The number of carbonyl (C=O) groups excluding carboxylic acids is 4. The van der Waals surface area contributed by atoms with Gasteiger partial charge in [-0.15, -0.1) is 0 Å². The average molecular weight is 804 g/mol. The Morgan fingerprint density at radius 1 is 0.948 bits per heavy atom. The molecule has 1 fully saturated rings. The van der Waals surface area contributed by atoms with Crippen molar-refractivity contribution in [2.75, 3.05) is 47.5 Å². The molecule has 1 aliphatic rings. The molecule has 15 heteroatoms. The third-order valence-corrected chi connectivity index (χ3v) is 10.1. The van der Waals surface area contributed by atoms with Crippen LogP contribution in [0.5, 0.6) is 11.5 Å². The summed E-state index contributed by atoms with van der Waals surface area (Å²) in [5.74, 6) is 0.377. The predicted molar refractivity (Wildman–Crippen MR) is 220 cm³/mol. The minimum Gasteiger partial charge on any atom is -0.493 e. The van der Waals surface area contributed by atoms with Gasteiger partial charge in [0.1, 0.15) is 6.04 Å². The van der Waals surface area contributed by atoms with Crippen molar-refractivity contribution in [1.29, 1.82) is 0 Å². The number of hydrogen-bond donors (Lipinski definition) is 3. The largest absolute Gasteiger partial charge is 0.493 e. The summed E-state index contributed by atoms with van der Waals surface area (Å²) >= 11 is 0. The third-order valence-electron chi connectivity index (χ3n) is 10.1. The standard InChI is InChI=1S/C43H61N7O8/c1-10-29(2)38(49-22-21-47(41(49)54)26-33-18-14-15-30(3)44-33)39(52)45-34(23-31-16-12-11-13-17-31)35(51)27-48(25-32-19-20-36(56-7)37(24-32)57-8)46-40(53)50(42(55)58-9)28-43(4,5)6/h11-20,24,29,34-35,38,51H,10,21-23,25-28H2,1-9H3,(H,45,52)(H,46,53). The topological polar surface area (TPSA) is 166 Å². The Labute approximate surface area is 342 Å². The van der Waals surface area contributed by atoms with Crippen LogP contribution in [0.3, 0.4) is 0 Å². The van der Waals surface area contributed by atoms with E-state index in [9.17, 15) is 24.3 Å². The molecule has 0 aliphatic carbocycles. The van der Waals surface area contributed by atoms with Crippen LogP contribution in [0.4, 0.5) is 14.4 Å². The quantitative estimate of drug-likeness (QED) is 0.142. The van der Waals surface area contributed by atoms with Crippen LogP contribution in [0.1, 0.15) is 63.6 Å². The summed E-state index contributed by atoms with van der Waals surface area (Å²) in [5.41, 5.74) is 5.54. The van der Waals surface area contributed by atoms with Gasteiger partial charge in [-0.3, -0.25) is 15.2 Å². The van der Waals surface area contributed by atoms with Crippen molar-refractivity contribution in [3.8, 4) is 11.5 Å². The van der Waals surface area contributed by atoms with Gasteiger partial charge >= 0.3 is 18.2 Å². The number of rotatable bonds is 18. The predicted octanol–water partition coefficient (Wildman–Crippen LogP) is 5.39. The van der Waals surface area contributed by atoms with Crippen molar-refractivity contribution in [3.05, 3.63) is 89.2 Å². The van der Waals surface area contributed by atoms with Crippen molar-refractivity contribution < 1.29 is 38.5 Å². The second-order valence-corrected chi connectivity index (χ2v) is 16.0. The molecule has 0 saturated carbocycles. The van der Waals surface area contributed by atoms with Crippen molar-refractivity contribution in [1.82, 2.24) is 35.4 Å². The van der Waals surface area contributed by atoms with Crippen LogP contribution >= 0.6 is 0 Å². The summed E-state index contributed by atoms with van der Waals surface area (Å²) in [7, 11) is 4.25. The molecule has 316 valence electrons. The molecule has 4 rings (SSSR count). The molecule has 2 aromatic carbocycles. The number of amides is 6. The van der Waals surface area contributed by atoms with Gasteiger partial charge in [-0.1, -0.05) is 83.5 Å². The highest BCUT2D eigenvalue weighted by Crippen LogP contribution is 2.28. The second kappa shape index (κ2) is 20.8. The fourth-order valence-electron chi connectivity index (χ4n) is 6.94. The van der Waals surface area contributed by atoms with Gasteiger partial charge in [0.25, 0.3) is 0 Å². The van der Waals surface area contributed by atoms with Crippen LogP contribution in [-0.4, -0.2) is 120 Å². The van der Waals surface area contributed by atoms with Crippen LogP contribution < -0.4 is 20.2 Å². The van der Waals surface area contributed by atoms with Gasteiger partial charge in [-0.2, -0.15) is 0 Å². The summed E-state index contributed by atoms with van der Waals surface area (Å²) in [6, 6.07) is 17.7. The van der Waals surface area contributed by atoms with Gasteiger partial charge in [-0.05, 0) is 60.1 Å². The number of aryl methyl sites for hydroxylation is 1. The van der Waals surface area contributed by atoms with Gasteiger partial charge in [0, 0.05) is 38.4 Å². The molecule has 0 spiro atoms. The lowest BCUT2D eigenvalue weighted by Gasteiger charge is -2.35. The number of benzene rings is 2. The number of aliphatic hydroxyl groups is 1. The molecule has 3 aromatic rings. The fourth-order valence-corrected chi connectivity index (χ4v) is 6.94. The number of methoxy groups -OCH3 is 3. The van der Waals surface area contributed by atoms with E-state index in [4.69, 9.17) is 14.2 Å². The molecule has 0 bridgehead atoms. The first kappa shape index (κ1) is 45.3. The number of nitrogens with zero attached hydrogens (tertiary/aromatic N) is 5. The van der Waals surface area contributed by atoms with Crippen LogP contribution in [-0.2, 0) is 29.0 Å². The molecule has 4 unspecified atom stereocenters. The first-order valence-electron chi connectivity index (χ1n) is 19.7. The Morgan fingerprint density at radius 2 is 1.66 bits per heavy atom. The third kappa shape index (κ3) is 12.5. The maximum Gasteiger partial charge on any atom is 0.417 e. The molecule has 3 N–H and O–H groups in total. The Hall–Kier alpha value is -5.41. The minimum atomic E-state index is -1.26. The van der Waals surface area contributed by atoms with E-state index >= 15 is 0 Å². The molecule has 1 aliphatic heterocycles. The number of nitrogens with one attached hydrogen (secondary N) is 2. The lowest BCUT2D eigenvalue weighted by molar-refractivity contribution is -0.128. The number of aromatic nitrogens is 1. The lowest BCUT2D eigenvalue weighted by atomic mass is 9.95. The number of pyridine rings is 1.